The quantitative estimate of drug-likeness (QED) is 0.145. The van der Waals surface area contributed by atoms with Crippen LogP contribution in [0.1, 0.15) is 0 Å². The first kappa shape index (κ1) is 39.6. The molecular formula is C63H42N4. The van der Waals surface area contributed by atoms with Gasteiger partial charge in [0.2, 0.25) is 0 Å². The zero-order chi connectivity index (χ0) is 44.5. The lowest BCUT2D eigenvalue weighted by molar-refractivity contribution is 1.07. The summed E-state index contributed by atoms with van der Waals surface area (Å²) in [6, 6.07) is 90.2. The average Bonchev–Trinajstić information content (AvgIpc) is 3.75. The van der Waals surface area contributed by atoms with Crippen LogP contribution >= 0.6 is 0 Å². The molecule has 0 bridgehead atoms. The maximum atomic E-state index is 5.24. The number of fused-ring (bicyclic) bond motifs is 3. The zero-order valence-electron chi connectivity index (χ0n) is 36.5. The third-order valence-electron chi connectivity index (χ3n) is 12.6. The highest BCUT2D eigenvalue weighted by Gasteiger charge is 2.17. The van der Waals surface area contributed by atoms with E-state index in [0.717, 1.165) is 61.3 Å². The van der Waals surface area contributed by atoms with Gasteiger partial charge in [0.25, 0.3) is 0 Å². The van der Waals surface area contributed by atoms with Crippen molar-refractivity contribution in [3.05, 3.63) is 255 Å². The van der Waals surface area contributed by atoms with E-state index in [1.165, 1.54) is 38.5 Å². The van der Waals surface area contributed by atoms with Gasteiger partial charge in [0.1, 0.15) is 0 Å². The number of hydrogen-bond acceptors (Lipinski definition) is 3. The summed E-state index contributed by atoms with van der Waals surface area (Å²) in [4.78, 5) is 15.5. The summed E-state index contributed by atoms with van der Waals surface area (Å²) < 4.78 is 2.37. The van der Waals surface area contributed by atoms with Gasteiger partial charge >= 0.3 is 0 Å². The van der Waals surface area contributed by atoms with Gasteiger partial charge in [-0.1, -0.05) is 188 Å². The van der Waals surface area contributed by atoms with E-state index >= 15 is 0 Å². The number of hydrogen-bond donors (Lipinski definition) is 0. The van der Waals surface area contributed by atoms with Crippen molar-refractivity contribution in [3.63, 3.8) is 0 Å². The number of aromatic nitrogens is 4. The first-order valence-electron chi connectivity index (χ1n) is 22.7. The second-order valence-corrected chi connectivity index (χ2v) is 16.9. The van der Waals surface area contributed by atoms with Crippen LogP contribution in [-0.4, -0.2) is 19.5 Å². The number of rotatable bonds is 9. The molecule has 67 heavy (non-hydrogen) atoms. The van der Waals surface area contributed by atoms with Crippen LogP contribution in [0.4, 0.5) is 0 Å². The zero-order valence-corrected chi connectivity index (χ0v) is 36.5. The van der Waals surface area contributed by atoms with Crippen LogP contribution in [0.2, 0.25) is 0 Å². The normalized spacial score (nSPS) is 11.3. The van der Waals surface area contributed by atoms with E-state index in [9.17, 15) is 0 Å². The number of para-hydroxylation sites is 1. The highest BCUT2D eigenvalue weighted by atomic mass is 15.0. The van der Waals surface area contributed by atoms with E-state index in [-0.39, 0.29) is 0 Å². The second kappa shape index (κ2) is 17.2. The summed E-state index contributed by atoms with van der Waals surface area (Å²) in [7, 11) is 0. The maximum absolute atomic E-state index is 5.24. The molecule has 0 aliphatic heterocycles. The van der Waals surface area contributed by atoms with Gasteiger partial charge in [0.05, 0.1) is 11.0 Å². The van der Waals surface area contributed by atoms with Crippen molar-refractivity contribution in [3.8, 4) is 95.5 Å². The predicted octanol–water partition coefficient (Wildman–Crippen LogP) is 16.3. The monoisotopic (exact) mass is 854 g/mol. The minimum absolute atomic E-state index is 0.614. The third kappa shape index (κ3) is 7.77. The predicted molar refractivity (Wildman–Crippen MR) is 278 cm³/mol. The number of nitrogens with zero attached hydrogens (tertiary/aromatic N) is 4. The van der Waals surface area contributed by atoms with E-state index in [1.54, 1.807) is 0 Å². The Balaban J connectivity index is 0.969. The molecule has 0 N–H and O–H groups in total. The average molecular weight is 855 g/mol. The molecule has 12 aromatic rings. The molecule has 0 fully saturated rings. The Morgan fingerprint density at radius 3 is 0.970 bits per heavy atom. The highest BCUT2D eigenvalue weighted by molar-refractivity contribution is 6.11. The molecular weight excluding hydrogens is 813 g/mol. The highest BCUT2D eigenvalue weighted by Crippen LogP contribution is 2.39. The number of benzene rings is 10. The largest absolute Gasteiger partial charge is 0.309 e. The van der Waals surface area contributed by atoms with Crippen LogP contribution in [0.5, 0.6) is 0 Å². The second-order valence-electron chi connectivity index (χ2n) is 16.9. The molecule has 0 spiro atoms. The minimum Gasteiger partial charge on any atom is -0.309 e. The summed E-state index contributed by atoms with van der Waals surface area (Å²) >= 11 is 0. The van der Waals surface area contributed by atoms with Crippen molar-refractivity contribution >= 4 is 21.8 Å². The Morgan fingerprint density at radius 2 is 0.507 bits per heavy atom. The van der Waals surface area contributed by atoms with Gasteiger partial charge in [-0.15, -0.1) is 0 Å². The molecule has 0 saturated heterocycles. The third-order valence-corrected chi connectivity index (χ3v) is 12.6. The van der Waals surface area contributed by atoms with Crippen molar-refractivity contribution in [2.24, 2.45) is 0 Å². The van der Waals surface area contributed by atoms with Gasteiger partial charge < -0.3 is 4.57 Å². The van der Waals surface area contributed by atoms with Gasteiger partial charge in [-0.2, -0.15) is 0 Å². The first-order chi connectivity index (χ1) is 33.2. The molecule has 314 valence electrons. The van der Waals surface area contributed by atoms with Gasteiger partial charge in [-0.3, -0.25) is 0 Å². The van der Waals surface area contributed by atoms with Crippen LogP contribution in [0.3, 0.4) is 0 Å². The van der Waals surface area contributed by atoms with Crippen molar-refractivity contribution in [2.75, 3.05) is 0 Å². The summed E-state index contributed by atoms with van der Waals surface area (Å²) in [5.74, 6) is 1.85. The van der Waals surface area contributed by atoms with Gasteiger partial charge in [-0.25, -0.2) is 15.0 Å². The molecule has 0 aliphatic rings. The smallest absolute Gasteiger partial charge is 0.164 e. The Hall–Kier alpha value is -8.99. The molecule has 0 radical (unpaired) electrons. The molecule has 0 unspecified atom stereocenters. The fourth-order valence-electron chi connectivity index (χ4n) is 9.28. The Bertz CT molecular complexity index is 3660. The van der Waals surface area contributed by atoms with Crippen LogP contribution in [-0.2, 0) is 0 Å². The van der Waals surface area contributed by atoms with Crippen molar-refractivity contribution in [1.29, 1.82) is 0 Å². The van der Waals surface area contributed by atoms with Crippen LogP contribution < -0.4 is 0 Å². The summed E-state index contributed by atoms with van der Waals surface area (Å²) in [6.45, 7) is 0. The topological polar surface area (TPSA) is 43.6 Å². The fraction of sp³-hybridized carbons (Fsp3) is 0. The van der Waals surface area contributed by atoms with E-state index < -0.39 is 0 Å². The van der Waals surface area contributed by atoms with E-state index in [0.29, 0.717) is 17.5 Å². The standard InChI is InChI=1S/C63H42N4/c1-6-18-43(19-7-1)49-32-34-59-57(41-49)58-42-50(33-35-60(58)67(59)56-30-14-5-15-31-56)47-26-16-28-51(36-47)62-64-61(46-24-12-4-13-25-46)65-63(66-62)52-29-17-27-48(37-52)55-39-53(44-20-8-2-9-21-44)38-54(40-55)45-22-10-3-11-23-45/h1-42H. The van der Waals surface area contributed by atoms with Gasteiger partial charge in [0, 0.05) is 33.2 Å². The van der Waals surface area contributed by atoms with Crippen LogP contribution in [0, 0.1) is 0 Å². The molecule has 0 amide bonds. The molecule has 4 nitrogen and oxygen atoms in total. The first-order valence-corrected chi connectivity index (χ1v) is 22.7. The van der Waals surface area contributed by atoms with Crippen molar-refractivity contribution in [2.45, 2.75) is 0 Å². The molecule has 0 saturated carbocycles. The van der Waals surface area contributed by atoms with E-state index in [1.807, 2.05) is 18.2 Å². The van der Waals surface area contributed by atoms with Crippen LogP contribution in [0.15, 0.2) is 255 Å². The molecule has 4 heteroatoms. The Kier molecular flexibility index (Phi) is 10.2. The molecule has 2 heterocycles. The van der Waals surface area contributed by atoms with Gasteiger partial charge in [-0.05, 0) is 122 Å². The molecule has 10 aromatic carbocycles. The minimum atomic E-state index is 0.614. The summed E-state index contributed by atoms with van der Waals surface area (Å²) in [6.07, 6.45) is 0. The maximum Gasteiger partial charge on any atom is 0.164 e. The Morgan fingerprint density at radius 1 is 0.209 bits per heavy atom. The van der Waals surface area contributed by atoms with E-state index in [2.05, 4.69) is 241 Å². The molecule has 0 aliphatic carbocycles. The van der Waals surface area contributed by atoms with Crippen molar-refractivity contribution in [1.82, 2.24) is 19.5 Å². The Labute approximate surface area is 389 Å². The SMILES string of the molecule is c1ccc(-c2cc(-c3ccccc3)cc(-c3cccc(-c4nc(-c5ccccc5)nc(-c5cccc(-c6ccc7c(c6)c6cc(-c8ccccc8)ccc6n7-c6ccccc6)c5)n4)c3)c2)cc1. The lowest BCUT2D eigenvalue weighted by Crippen LogP contribution is -2.00. The lowest BCUT2D eigenvalue weighted by atomic mass is 9.93. The van der Waals surface area contributed by atoms with E-state index in [4.69, 9.17) is 15.0 Å². The molecule has 12 rings (SSSR count). The fourth-order valence-corrected chi connectivity index (χ4v) is 9.28. The van der Waals surface area contributed by atoms with Crippen molar-refractivity contribution < 1.29 is 0 Å². The van der Waals surface area contributed by atoms with Gasteiger partial charge in [0.15, 0.2) is 17.5 Å². The lowest BCUT2D eigenvalue weighted by Gasteiger charge is -2.13. The summed E-state index contributed by atoms with van der Waals surface area (Å²) in [5, 5.41) is 2.40. The summed E-state index contributed by atoms with van der Waals surface area (Å²) in [5.41, 5.74) is 17.7. The van der Waals surface area contributed by atoms with Crippen LogP contribution in [0.25, 0.3) is 117 Å². The molecule has 0 atom stereocenters. The molecule has 2 aromatic heterocycles.